The Balaban J connectivity index is 2.19. The number of carbonyl (C=O) groups excluding carboxylic acids is 1. The number of aryl methyl sites for hydroxylation is 2. The summed E-state index contributed by atoms with van der Waals surface area (Å²) in [5.74, 6) is -0.128. The lowest BCUT2D eigenvalue weighted by Gasteiger charge is -2.06. The van der Waals surface area contributed by atoms with E-state index >= 15 is 0 Å². The summed E-state index contributed by atoms with van der Waals surface area (Å²) in [5.41, 5.74) is 2.31. The number of benzene rings is 1. The molecule has 0 aliphatic rings. The van der Waals surface area contributed by atoms with Gasteiger partial charge in [-0.3, -0.25) is 9.48 Å². The predicted octanol–water partition coefficient (Wildman–Crippen LogP) is 3.48. The summed E-state index contributed by atoms with van der Waals surface area (Å²) in [6.07, 6.45) is 0.825. The topological polar surface area (TPSA) is 46.9 Å². The molecule has 0 aliphatic heterocycles. The lowest BCUT2D eigenvalue weighted by Crippen LogP contribution is -2.17. The van der Waals surface area contributed by atoms with Gasteiger partial charge >= 0.3 is 0 Å². The Hall–Kier alpha value is -1.62. The van der Waals surface area contributed by atoms with Crippen LogP contribution in [0.3, 0.4) is 0 Å². The van der Waals surface area contributed by atoms with Crippen molar-refractivity contribution in [3.63, 3.8) is 0 Å². The van der Waals surface area contributed by atoms with Gasteiger partial charge in [0.2, 0.25) is 0 Å². The average Bonchev–Trinajstić information content (AvgIpc) is 2.85. The molecule has 1 aromatic carbocycles. The summed E-state index contributed by atoms with van der Waals surface area (Å²) < 4.78 is 2.71. The first-order chi connectivity index (χ1) is 9.13. The van der Waals surface area contributed by atoms with Crippen LogP contribution in [0.2, 0.25) is 0 Å². The molecule has 19 heavy (non-hydrogen) atoms. The summed E-state index contributed by atoms with van der Waals surface area (Å²) in [5, 5.41) is 7.25. The number of amides is 1. The van der Waals surface area contributed by atoms with Crippen LogP contribution in [0.25, 0.3) is 0 Å². The Bertz CT molecular complexity index is 575. The molecule has 0 saturated heterocycles. The lowest BCUT2D eigenvalue weighted by atomic mass is 10.2. The summed E-state index contributed by atoms with van der Waals surface area (Å²) >= 11 is 3.37. The van der Waals surface area contributed by atoms with Crippen molar-refractivity contribution in [1.82, 2.24) is 9.78 Å². The molecule has 1 amide bonds. The van der Waals surface area contributed by atoms with E-state index in [1.54, 1.807) is 4.68 Å². The van der Waals surface area contributed by atoms with Crippen LogP contribution in [0.1, 0.15) is 30.0 Å². The van der Waals surface area contributed by atoms with Crippen LogP contribution in [-0.4, -0.2) is 15.7 Å². The minimum Gasteiger partial charge on any atom is -0.321 e. The van der Waals surface area contributed by atoms with E-state index < -0.39 is 0 Å². The van der Waals surface area contributed by atoms with E-state index in [0.717, 1.165) is 22.3 Å². The number of nitrogens with zero attached hydrogens (tertiary/aromatic N) is 2. The fourth-order valence-electron chi connectivity index (χ4n) is 1.80. The van der Waals surface area contributed by atoms with Gasteiger partial charge in [-0.05, 0) is 43.7 Å². The largest absolute Gasteiger partial charge is 0.321 e. The van der Waals surface area contributed by atoms with Crippen molar-refractivity contribution in [1.29, 1.82) is 0 Å². The second-order valence-corrected chi connectivity index (χ2v) is 5.07. The number of hydrogen-bond acceptors (Lipinski definition) is 2. The monoisotopic (exact) mass is 321 g/mol. The van der Waals surface area contributed by atoms with Crippen LogP contribution < -0.4 is 5.32 Å². The highest BCUT2D eigenvalue weighted by Gasteiger charge is 2.13. The van der Waals surface area contributed by atoms with E-state index in [2.05, 4.69) is 26.3 Å². The lowest BCUT2D eigenvalue weighted by molar-refractivity contribution is 0.101. The SMILES string of the molecule is CCc1cc(C(=O)Nc2ccc(Br)cc2)n(CC)n1. The Morgan fingerprint density at radius 1 is 1.32 bits per heavy atom. The molecule has 1 aromatic heterocycles. The van der Waals surface area contributed by atoms with Crippen LogP contribution >= 0.6 is 15.9 Å². The number of nitrogens with one attached hydrogen (secondary N) is 1. The highest BCUT2D eigenvalue weighted by atomic mass is 79.9. The van der Waals surface area contributed by atoms with E-state index in [-0.39, 0.29) is 5.91 Å². The zero-order chi connectivity index (χ0) is 13.8. The first-order valence-electron chi connectivity index (χ1n) is 6.27. The third-order valence-electron chi connectivity index (χ3n) is 2.83. The minimum atomic E-state index is -0.128. The highest BCUT2D eigenvalue weighted by Crippen LogP contribution is 2.15. The fraction of sp³-hybridized carbons (Fsp3) is 0.286. The van der Waals surface area contributed by atoms with Crippen molar-refractivity contribution in [2.45, 2.75) is 26.8 Å². The zero-order valence-electron chi connectivity index (χ0n) is 11.0. The Labute approximate surface area is 120 Å². The van der Waals surface area contributed by atoms with Gasteiger partial charge in [0.05, 0.1) is 5.69 Å². The number of hydrogen-bond donors (Lipinski definition) is 1. The van der Waals surface area contributed by atoms with Crippen LogP contribution in [-0.2, 0) is 13.0 Å². The molecule has 1 heterocycles. The molecular weight excluding hydrogens is 306 g/mol. The van der Waals surface area contributed by atoms with Crippen LogP contribution in [0.4, 0.5) is 5.69 Å². The molecule has 4 nitrogen and oxygen atoms in total. The van der Waals surface area contributed by atoms with E-state index in [1.165, 1.54) is 0 Å². The molecule has 0 unspecified atom stereocenters. The van der Waals surface area contributed by atoms with Crippen molar-refractivity contribution < 1.29 is 4.79 Å². The molecule has 0 radical (unpaired) electrons. The van der Waals surface area contributed by atoms with E-state index in [9.17, 15) is 4.79 Å². The zero-order valence-corrected chi connectivity index (χ0v) is 12.6. The first-order valence-corrected chi connectivity index (χ1v) is 7.07. The number of anilines is 1. The molecule has 1 N–H and O–H groups in total. The van der Waals surface area contributed by atoms with Gasteiger partial charge in [-0.25, -0.2) is 0 Å². The quantitative estimate of drug-likeness (QED) is 0.937. The first kappa shape index (κ1) is 13.8. The Morgan fingerprint density at radius 3 is 2.58 bits per heavy atom. The molecule has 2 rings (SSSR count). The minimum absolute atomic E-state index is 0.128. The van der Waals surface area contributed by atoms with Gasteiger partial charge in [0.25, 0.3) is 5.91 Å². The fourth-order valence-corrected chi connectivity index (χ4v) is 2.06. The molecule has 0 bridgehead atoms. The Kier molecular flexibility index (Phi) is 4.37. The van der Waals surface area contributed by atoms with Gasteiger partial charge in [0.15, 0.2) is 0 Å². The molecule has 5 heteroatoms. The maximum Gasteiger partial charge on any atom is 0.273 e. The van der Waals surface area contributed by atoms with Gasteiger partial charge in [0.1, 0.15) is 5.69 Å². The second-order valence-electron chi connectivity index (χ2n) is 4.15. The van der Waals surface area contributed by atoms with Crippen LogP contribution in [0.15, 0.2) is 34.8 Å². The number of carbonyl (C=O) groups is 1. The number of aromatic nitrogens is 2. The summed E-state index contributed by atoms with van der Waals surface area (Å²) in [6, 6.07) is 9.34. The van der Waals surface area contributed by atoms with Gasteiger partial charge in [-0.1, -0.05) is 22.9 Å². The smallest absolute Gasteiger partial charge is 0.273 e. The van der Waals surface area contributed by atoms with Crippen LogP contribution in [0.5, 0.6) is 0 Å². The Morgan fingerprint density at radius 2 is 2.00 bits per heavy atom. The molecule has 0 saturated carbocycles. The molecule has 2 aromatic rings. The summed E-state index contributed by atoms with van der Waals surface area (Å²) in [4.78, 5) is 12.2. The van der Waals surface area contributed by atoms with Gasteiger partial charge in [0, 0.05) is 16.7 Å². The van der Waals surface area contributed by atoms with Crippen molar-refractivity contribution in [2.75, 3.05) is 5.32 Å². The average molecular weight is 322 g/mol. The third-order valence-corrected chi connectivity index (χ3v) is 3.36. The van der Waals surface area contributed by atoms with Crippen molar-refractivity contribution in [3.05, 3.63) is 46.2 Å². The van der Waals surface area contributed by atoms with Gasteiger partial charge < -0.3 is 5.32 Å². The molecule has 0 fully saturated rings. The van der Waals surface area contributed by atoms with E-state index in [1.807, 2.05) is 44.2 Å². The molecule has 100 valence electrons. The number of halogens is 1. The highest BCUT2D eigenvalue weighted by molar-refractivity contribution is 9.10. The molecule has 0 aliphatic carbocycles. The van der Waals surface area contributed by atoms with Gasteiger partial charge in [-0.15, -0.1) is 0 Å². The van der Waals surface area contributed by atoms with Crippen molar-refractivity contribution >= 4 is 27.5 Å². The van der Waals surface area contributed by atoms with E-state index in [0.29, 0.717) is 12.2 Å². The van der Waals surface area contributed by atoms with E-state index in [4.69, 9.17) is 0 Å². The van der Waals surface area contributed by atoms with Crippen molar-refractivity contribution in [2.24, 2.45) is 0 Å². The van der Waals surface area contributed by atoms with Crippen molar-refractivity contribution in [3.8, 4) is 0 Å². The second kappa shape index (κ2) is 6.02. The molecule has 0 spiro atoms. The standard InChI is InChI=1S/C14H16BrN3O/c1-3-11-9-13(18(4-2)17-11)14(19)16-12-7-5-10(15)6-8-12/h5-9H,3-4H2,1-2H3,(H,16,19). The number of rotatable bonds is 4. The maximum absolute atomic E-state index is 12.2. The normalized spacial score (nSPS) is 10.5. The van der Waals surface area contributed by atoms with Crippen LogP contribution in [0, 0.1) is 0 Å². The molecular formula is C14H16BrN3O. The summed E-state index contributed by atoms with van der Waals surface area (Å²) in [6.45, 7) is 4.69. The maximum atomic E-state index is 12.2. The molecule has 0 atom stereocenters. The van der Waals surface area contributed by atoms with Gasteiger partial charge in [-0.2, -0.15) is 5.10 Å². The predicted molar refractivity (Wildman–Crippen MR) is 79.4 cm³/mol. The summed E-state index contributed by atoms with van der Waals surface area (Å²) in [7, 11) is 0. The third kappa shape index (κ3) is 3.23.